The SMILES string of the molecule is C1CCC(N2CCOCC2)CC1.COCCCCc1ccc(OC)c(OC)c1. The van der Waals surface area contributed by atoms with E-state index in [4.69, 9.17) is 18.9 Å². The molecule has 1 heterocycles. The standard InChI is InChI=1S/C13H20O3.C10H19NO/c1-14-9-5-4-6-11-7-8-12(15-2)13(10-11)16-3;1-2-4-10(5-3-1)11-6-8-12-9-7-11/h7-8,10H,4-6,9H2,1-3H3;10H,1-9H2. The van der Waals surface area contributed by atoms with Gasteiger partial charge >= 0.3 is 0 Å². The zero-order valence-corrected chi connectivity index (χ0v) is 18.1. The largest absolute Gasteiger partial charge is 0.493 e. The van der Waals surface area contributed by atoms with Gasteiger partial charge < -0.3 is 18.9 Å². The van der Waals surface area contributed by atoms with Crippen molar-refractivity contribution in [3.8, 4) is 11.5 Å². The van der Waals surface area contributed by atoms with Crippen LogP contribution >= 0.6 is 0 Å². The highest BCUT2D eigenvalue weighted by Gasteiger charge is 2.22. The number of rotatable bonds is 8. The minimum absolute atomic E-state index is 0.781. The van der Waals surface area contributed by atoms with Crippen molar-refractivity contribution >= 4 is 0 Å². The van der Waals surface area contributed by atoms with E-state index in [0.29, 0.717) is 0 Å². The molecule has 0 aromatic heterocycles. The summed E-state index contributed by atoms with van der Waals surface area (Å²) < 4.78 is 20.8. The number of hydrogen-bond donors (Lipinski definition) is 0. The molecule has 5 heteroatoms. The first kappa shape index (κ1) is 23.0. The molecule has 0 radical (unpaired) electrons. The fourth-order valence-corrected chi connectivity index (χ4v) is 4.00. The lowest BCUT2D eigenvalue weighted by atomic mass is 9.94. The minimum Gasteiger partial charge on any atom is -0.493 e. The van der Waals surface area contributed by atoms with Crippen LogP contribution in [-0.2, 0) is 15.9 Å². The van der Waals surface area contributed by atoms with Gasteiger partial charge in [-0.1, -0.05) is 25.3 Å². The van der Waals surface area contributed by atoms with Gasteiger partial charge in [-0.25, -0.2) is 0 Å². The summed E-state index contributed by atoms with van der Waals surface area (Å²) in [5.74, 6) is 1.58. The number of methoxy groups -OCH3 is 3. The molecule has 1 aliphatic heterocycles. The van der Waals surface area contributed by atoms with Gasteiger partial charge in [0.25, 0.3) is 0 Å². The fraction of sp³-hybridized carbons (Fsp3) is 0.739. The molecule has 5 nitrogen and oxygen atoms in total. The quantitative estimate of drug-likeness (QED) is 0.615. The van der Waals surface area contributed by atoms with Crippen molar-refractivity contribution in [1.82, 2.24) is 4.90 Å². The lowest BCUT2D eigenvalue weighted by Gasteiger charge is -2.36. The lowest BCUT2D eigenvalue weighted by molar-refractivity contribution is 0.00858. The maximum absolute atomic E-state index is 5.35. The van der Waals surface area contributed by atoms with Gasteiger partial charge in [0.2, 0.25) is 0 Å². The van der Waals surface area contributed by atoms with Crippen molar-refractivity contribution in [2.75, 3.05) is 54.2 Å². The van der Waals surface area contributed by atoms with E-state index in [1.54, 1.807) is 21.3 Å². The van der Waals surface area contributed by atoms with E-state index in [9.17, 15) is 0 Å². The molecule has 2 aliphatic rings. The number of unbranched alkanes of at least 4 members (excludes halogenated alkanes) is 1. The van der Waals surface area contributed by atoms with Crippen LogP contribution in [0.2, 0.25) is 0 Å². The first-order chi connectivity index (χ1) is 13.8. The Hall–Kier alpha value is -1.30. The molecule has 0 N–H and O–H groups in total. The third-order valence-corrected chi connectivity index (χ3v) is 5.65. The predicted molar refractivity (Wildman–Crippen MR) is 114 cm³/mol. The highest BCUT2D eigenvalue weighted by molar-refractivity contribution is 5.42. The first-order valence-corrected chi connectivity index (χ1v) is 10.8. The lowest BCUT2D eigenvalue weighted by Crippen LogP contribution is -2.44. The highest BCUT2D eigenvalue weighted by Crippen LogP contribution is 2.28. The van der Waals surface area contributed by atoms with Crippen LogP contribution in [0.15, 0.2) is 18.2 Å². The van der Waals surface area contributed by atoms with E-state index in [2.05, 4.69) is 11.0 Å². The van der Waals surface area contributed by atoms with Crippen LogP contribution in [0.25, 0.3) is 0 Å². The molecule has 0 atom stereocenters. The Labute approximate surface area is 171 Å². The molecule has 0 unspecified atom stereocenters. The maximum Gasteiger partial charge on any atom is 0.160 e. The molecule has 160 valence electrons. The summed E-state index contributed by atoms with van der Waals surface area (Å²) in [6.07, 6.45) is 10.5. The van der Waals surface area contributed by atoms with Gasteiger partial charge in [0.15, 0.2) is 11.5 Å². The second kappa shape index (κ2) is 13.8. The number of morpholine rings is 1. The Kier molecular flexibility index (Phi) is 11.3. The molecule has 1 aromatic carbocycles. The average Bonchev–Trinajstić information content (AvgIpc) is 2.78. The molecule has 1 aromatic rings. The molecular weight excluding hydrogens is 354 g/mol. The normalized spacial score (nSPS) is 18.2. The third-order valence-electron chi connectivity index (χ3n) is 5.65. The Morgan fingerprint density at radius 2 is 1.64 bits per heavy atom. The van der Waals surface area contributed by atoms with E-state index in [-0.39, 0.29) is 0 Å². The zero-order valence-electron chi connectivity index (χ0n) is 18.1. The number of aryl methyl sites for hydroxylation is 1. The summed E-state index contributed by atoms with van der Waals surface area (Å²) >= 11 is 0. The van der Waals surface area contributed by atoms with E-state index in [1.165, 1.54) is 50.8 Å². The molecule has 1 saturated heterocycles. The van der Waals surface area contributed by atoms with Crippen molar-refractivity contribution in [3.63, 3.8) is 0 Å². The summed E-state index contributed by atoms with van der Waals surface area (Å²) in [7, 11) is 5.04. The second-order valence-electron chi connectivity index (χ2n) is 7.58. The molecule has 0 amide bonds. The molecule has 1 saturated carbocycles. The predicted octanol–water partition coefficient (Wildman–Crippen LogP) is 4.32. The number of benzene rings is 1. The Morgan fingerprint density at radius 3 is 2.29 bits per heavy atom. The van der Waals surface area contributed by atoms with Crippen molar-refractivity contribution in [1.29, 1.82) is 0 Å². The van der Waals surface area contributed by atoms with Gasteiger partial charge in [0, 0.05) is 32.8 Å². The van der Waals surface area contributed by atoms with Crippen LogP contribution < -0.4 is 9.47 Å². The maximum atomic E-state index is 5.35. The number of nitrogens with zero attached hydrogens (tertiary/aromatic N) is 1. The van der Waals surface area contributed by atoms with Crippen LogP contribution in [-0.4, -0.2) is 65.2 Å². The van der Waals surface area contributed by atoms with Gasteiger partial charge in [-0.3, -0.25) is 4.90 Å². The van der Waals surface area contributed by atoms with Crippen LogP contribution in [0.1, 0.15) is 50.5 Å². The van der Waals surface area contributed by atoms with Crippen LogP contribution in [0.4, 0.5) is 0 Å². The van der Waals surface area contributed by atoms with Crippen molar-refractivity contribution in [2.24, 2.45) is 0 Å². The second-order valence-corrected chi connectivity index (χ2v) is 7.58. The average molecular weight is 394 g/mol. The molecule has 0 bridgehead atoms. The molecule has 3 rings (SSSR count). The molecule has 0 spiro atoms. The summed E-state index contributed by atoms with van der Waals surface area (Å²) in [5, 5.41) is 0. The van der Waals surface area contributed by atoms with Gasteiger partial charge in [0.1, 0.15) is 0 Å². The zero-order chi connectivity index (χ0) is 20.0. The number of ether oxygens (including phenoxy) is 4. The monoisotopic (exact) mass is 393 g/mol. The molecule has 28 heavy (non-hydrogen) atoms. The Balaban J connectivity index is 0.000000207. The highest BCUT2D eigenvalue weighted by atomic mass is 16.5. The van der Waals surface area contributed by atoms with E-state index in [1.807, 2.05) is 12.1 Å². The summed E-state index contributed by atoms with van der Waals surface area (Å²) in [6, 6.07) is 6.95. The number of hydrogen-bond acceptors (Lipinski definition) is 5. The summed E-state index contributed by atoms with van der Waals surface area (Å²) in [4.78, 5) is 2.63. The van der Waals surface area contributed by atoms with Crippen LogP contribution in [0, 0.1) is 0 Å². The minimum atomic E-state index is 0.781. The third kappa shape index (κ3) is 7.98. The van der Waals surface area contributed by atoms with Crippen molar-refractivity contribution < 1.29 is 18.9 Å². The van der Waals surface area contributed by atoms with Gasteiger partial charge in [-0.15, -0.1) is 0 Å². The van der Waals surface area contributed by atoms with E-state index < -0.39 is 0 Å². The van der Waals surface area contributed by atoms with Gasteiger partial charge in [-0.05, 0) is 49.8 Å². The van der Waals surface area contributed by atoms with Crippen molar-refractivity contribution in [3.05, 3.63) is 23.8 Å². The smallest absolute Gasteiger partial charge is 0.160 e. The molecular formula is C23H39NO4. The van der Waals surface area contributed by atoms with E-state index in [0.717, 1.165) is 56.6 Å². The van der Waals surface area contributed by atoms with Crippen molar-refractivity contribution in [2.45, 2.75) is 57.4 Å². The Morgan fingerprint density at radius 1 is 0.929 bits per heavy atom. The van der Waals surface area contributed by atoms with Gasteiger partial charge in [-0.2, -0.15) is 0 Å². The Bertz CT molecular complexity index is 509. The van der Waals surface area contributed by atoms with E-state index >= 15 is 0 Å². The fourth-order valence-electron chi connectivity index (χ4n) is 4.00. The summed E-state index contributed by atoms with van der Waals surface area (Å²) in [6.45, 7) is 5.08. The molecule has 2 fully saturated rings. The summed E-state index contributed by atoms with van der Waals surface area (Å²) in [5.41, 5.74) is 1.27. The van der Waals surface area contributed by atoms with Crippen LogP contribution in [0.5, 0.6) is 11.5 Å². The van der Waals surface area contributed by atoms with Gasteiger partial charge in [0.05, 0.1) is 27.4 Å². The van der Waals surface area contributed by atoms with Crippen LogP contribution in [0.3, 0.4) is 0 Å². The first-order valence-electron chi connectivity index (χ1n) is 10.8. The molecule has 1 aliphatic carbocycles. The topological polar surface area (TPSA) is 40.2 Å².